The molecule has 5 atom stereocenters. The zero-order chi connectivity index (χ0) is 82.7. The van der Waals surface area contributed by atoms with Crippen molar-refractivity contribution in [3.63, 3.8) is 0 Å². The zero-order valence-electron chi connectivity index (χ0n) is 74.7. The van der Waals surface area contributed by atoms with Crippen LogP contribution < -0.4 is 0 Å². The summed E-state index contributed by atoms with van der Waals surface area (Å²) in [6.07, 6.45) is 80.6. The molecule has 0 aromatic rings. The lowest BCUT2D eigenvalue weighted by atomic mass is 10.0. The molecule has 3 N–H and O–H groups in total. The van der Waals surface area contributed by atoms with Crippen LogP contribution in [0.15, 0.2) is 0 Å². The normalized spacial score (nSPS) is 13.7. The molecule has 0 fully saturated rings. The maximum absolute atomic E-state index is 13.2. The Morgan fingerprint density at radius 1 is 0.239 bits per heavy atom. The first-order valence-electron chi connectivity index (χ1n) is 48.5. The fourth-order valence-electron chi connectivity index (χ4n) is 14.8. The van der Waals surface area contributed by atoms with Gasteiger partial charge in [0, 0.05) is 25.7 Å². The number of ether oxygens (including phenoxy) is 4. The first-order chi connectivity index (χ1) is 54.9. The summed E-state index contributed by atoms with van der Waals surface area (Å²) >= 11 is 0. The minimum absolute atomic E-state index is 0.109. The number of hydrogen-bond acceptors (Lipinski definition) is 15. The number of carbonyl (C=O) groups excluding carboxylic acids is 4. The minimum atomic E-state index is -4.97. The van der Waals surface area contributed by atoms with Crippen LogP contribution in [-0.4, -0.2) is 96.7 Å². The van der Waals surface area contributed by atoms with Crippen molar-refractivity contribution in [3.05, 3.63) is 0 Å². The highest BCUT2D eigenvalue weighted by atomic mass is 31.2. The molecule has 0 aliphatic heterocycles. The van der Waals surface area contributed by atoms with E-state index in [1.165, 1.54) is 327 Å². The molecule has 672 valence electrons. The lowest BCUT2D eigenvalue weighted by molar-refractivity contribution is -0.161. The number of unbranched alkanes of at least 4 members (excludes halogenated alkanes) is 63. The van der Waals surface area contributed by atoms with Gasteiger partial charge in [-0.2, -0.15) is 0 Å². The number of esters is 4. The van der Waals surface area contributed by atoms with Crippen LogP contribution in [-0.2, 0) is 65.4 Å². The molecule has 0 aromatic heterocycles. The third-order valence-corrected chi connectivity index (χ3v) is 24.1. The van der Waals surface area contributed by atoms with Gasteiger partial charge in [0.15, 0.2) is 12.2 Å². The third kappa shape index (κ3) is 87.7. The molecule has 0 bridgehead atoms. The van der Waals surface area contributed by atoms with E-state index < -0.39 is 97.5 Å². The first-order valence-corrected chi connectivity index (χ1v) is 51.5. The number of carbonyl (C=O) groups is 4. The molecule has 0 saturated heterocycles. The zero-order valence-corrected chi connectivity index (χ0v) is 76.5. The summed E-state index contributed by atoms with van der Waals surface area (Å²) < 4.78 is 69.2. The molecular weight excluding hydrogens is 1460 g/mol. The number of aliphatic hydroxyl groups excluding tert-OH is 1. The average Bonchev–Trinajstić information content (AvgIpc) is 0.897. The van der Waals surface area contributed by atoms with Crippen LogP contribution in [0.1, 0.15) is 510 Å². The Morgan fingerprint density at radius 3 is 0.602 bits per heavy atom. The molecule has 0 aliphatic carbocycles. The molecule has 0 amide bonds. The summed E-state index contributed by atoms with van der Waals surface area (Å²) in [5.74, 6) is -0.460. The van der Waals surface area contributed by atoms with Gasteiger partial charge in [-0.3, -0.25) is 37.3 Å². The van der Waals surface area contributed by atoms with Crippen LogP contribution in [0.2, 0.25) is 0 Å². The van der Waals surface area contributed by atoms with Crippen molar-refractivity contribution in [2.75, 3.05) is 39.6 Å². The molecule has 0 radical (unpaired) electrons. The molecule has 2 unspecified atom stereocenters. The van der Waals surface area contributed by atoms with Crippen LogP contribution in [0.5, 0.6) is 0 Å². The van der Waals surface area contributed by atoms with E-state index in [9.17, 15) is 43.2 Å². The van der Waals surface area contributed by atoms with Gasteiger partial charge >= 0.3 is 39.5 Å². The van der Waals surface area contributed by atoms with Crippen LogP contribution in [0, 0.1) is 11.8 Å². The highest BCUT2D eigenvalue weighted by Crippen LogP contribution is 2.45. The van der Waals surface area contributed by atoms with Crippen LogP contribution in [0.4, 0.5) is 0 Å². The van der Waals surface area contributed by atoms with E-state index in [0.29, 0.717) is 25.7 Å². The first kappa shape index (κ1) is 111. The Kier molecular flexibility index (Phi) is 83.6. The molecule has 0 spiro atoms. The Labute approximate surface area is 696 Å². The number of hydrogen-bond donors (Lipinski definition) is 3. The average molecular weight is 1650 g/mol. The Balaban J connectivity index is 5.25. The maximum Gasteiger partial charge on any atom is 0.472 e. The molecule has 0 saturated carbocycles. The highest BCUT2D eigenvalue weighted by Gasteiger charge is 2.31. The molecule has 0 aromatic carbocycles. The summed E-state index contributed by atoms with van der Waals surface area (Å²) in [5, 5.41) is 10.7. The van der Waals surface area contributed by atoms with E-state index in [1.807, 2.05) is 0 Å². The van der Waals surface area contributed by atoms with Crippen molar-refractivity contribution in [1.29, 1.82) is 0 Å². The second-order valence-electron chi connectivity index (χ2n) is 34.7. The van der Waals surface area contributed by atoms with E-state index in [-0.39, 0.29) is 25.7 Å². The SMILES string of the molecule is CCCCCCCCCCCCCCCCCCCCCCC(=O)OC[C@H](COP(=O)(O)OC[C@@H](O)COP(=O)(O)OC[C@@H](COC(=O)CCCCCCCCCCCCCCC)OC(=O)CCCCCCCCCCCCCCCCCCC(C)C)OC(=O)CCCCCCCCCCCCCCCCCCCCC(C)C. The number of phosphoric acid groups is 2. The number of phosphoric ester groups is 2. The van der Waals surface area contributed by atoms with Gasteiger partial charge < -0.3 is 33.8 Å². The van der Waals surface area contributed by atoms with Gasteiger partial charge in [0.05, 0.1) is 26.4 Å². The topological polar surface area (TPSA) is 237 Å². The van der Waals surface area contributed by atoms with Gasteiger partial charge in [0.1, 0.15) is 19.3 Å². The van der Waals surface area contributed by atoms with Crippen molar-refractivity contribution in [1.82, 2.24) is 0 Å². The van der Waals surface area contributed by atoms with Crippen LogP contribution >= 0.6 is 15.6 Å². The maximum atomic E-state index is 13.2. The smallest absolute Gasteiger partial charge is 0.462 e. The Hall–Kier alpha value is -1.94. The molecule has 19 heteroatoms. The van der Waals surface area contributed by atoms with Crippen molar-refractivity contribution in [2.45, 2.75) is 529 Å². The summed E-state index contributed by atoms with van der Waals surface area (Å²) in [7, 11) is -9.94. The third-order valence-electron chi connectivity index (χ3n) is 22.2. The predicted molar refractivity (Wildman–Crippen MR) is 469 cm³/mol. The van der Waals surface area contributed by atoms with E-state index in [4.69, 9.17) is 37.0 Å². The number of aliphatic hydroxyl groups is 1. The molecular formula is C94H184O17P2. The second kappa shape index (κ2) is 85.1. The van der Waals surface area contributed by atoms with Gasteiger partial charge in [0.2, 0.25) is 0 Å². The fraction of sp³-hybridized carbons (Fsp3) is 0.957. The fourth-order valence-corrected chi connectivity index (χ4v) is 16.4. The Morgan fingerprint density at radius 2 is 0.407 bits per heavy atom. The highest BCUT2D eigenvalue weighted by molar-refractivity contribution is 7.47. The molecule has 0 rings (SSSR count). The monoisotopic (exact) mass is 1650 g/mol. The summed E-state index contributed by atoms with van der Waals surface area (Å²) in [6, 6.07) is 0. The predicted octanol–water partition coefficient (Wildman–Crippen LogP) is 29.4. The lowest BCUT2D eigenvalue weighted by Gasteiger charge is -2.21. The van der Waals surface area contributed by atoms with Crippen molar-refractivity contribution in [2.24, 2.45) is 11.8 Å². The summed E-state index contributed by atoms with van der Waals surface area (Å²) in [6.45, 7) is 9.79. The molecule has 113 heavy (non-hydrogen) atoms. The van der Waals surface area contributed by atoms with E-state index in [2.05, 4.69) is 41.5 Å². The quantitative estimate of drug-likeness (QED) is 0.0222. The van der Waals surface area contributed by atoms with Crippen LogP contribution in [0.3, 0.4) is 0 Å². The van der Waals surface area contributed by atoms with Gasteiger partial charge in [-0.05, 0) is 37.5 Å². The number of rotatable bonds is 93. The van der Waals surface area contributed by atoms with Crippen molar-refractivity contribution >= 4 is 39.5 Å². The van der Waals surface area contributed by atoms with E-state index >= 15 is 0 Å². The standard InChI is InChI=1S/C94H184O17P2/c1-7-9-11-13-15-17-19-21-22-23-24-25-29-35-41-47-53-59-65-71-77-92(97)105-83-90(111-93(98)78-72-66-60-54-48-42-36-30-27-26-28-33-39-44-50-56-62-68-74-86(3)4)85-109-113(102,103)107-81-88(95)80-106-112(100,101)108-84-89(82-104-91(96)76-70-64-58-52-46-38-20-18-16-14-12-10-8-2)110-94(99)79-73-67-61-55-49-43-37-32-31-34-40-45-51-57-63-69-75-87(5)6/h86-90,95H,7-85H2,1-6H3,(H,100,101)(H,102,103)/t88-,89+,90+/m0/s1. The second-order valence-corrected chi connectivity index (χ2v) is 37.6. The van der Waals surface area contributed by atoms with Gasteiger partial charge in [-0.1, -0.05) is 459 Å². The molecule has 0 aliphatic rings. The Bertz CT molecular complexity index is 2150. The van der Waals surface area contributed by atoms with Gasteiger partial charge in [-0.25, -0.2) is 9.13 Å². The molecule has 17 nitrogen and oxygen atoms in total. The lowest BCUT2D eigenvalue weighted by Crippen LogP contribution is -2.30. The van der Waals surface area contributed by atoms with Gasteiger partial charge in [-0.15, -0.1) is 0 Å². The van der Waals surface area contributed by atoms with Crippen LogP contribution in [0.25, 0.3) is 0 Å². The summed E-state index contributed by atoms with van der Waals surface area (Å²) in [4.78, 5) is 73.6. The largest absolute Gasteiger partial charge is 0.472 e. The van der Waals surface area contributed by atoms with Gasteiger partial charge in [0.25, 0.3) is 0 Å². The summed E-state index contributed by atoms with van der Waals surface area (Å²) in [5.41, 5.74) is 0. The molecule has 0 heterocycles. The van der Waals surface area contributed by atoms with E-state index in [1.54, 1.807) is 0 Å². The van der Waals surface area contributed by atoms with Crippen molar-refractivity contribution in [3.8, 4) is 0 Å². The minimum Gasteiger partial charge on any atom is -0.462 e. The van der Waals surface area contributed by atoms with Crippen molar-refractivity contribution < 1.29 is 80.2 Å². The van der Waals surface area contributed by atoms with E-state index in [0.717, 1.165) is 102 Å².